The van der Waals surface area contributed by atoms with E-state index in [1.54, 1.807) is 18.4 Å². The molecule has 3 heteroatoms. The van der Waals surface area contributed by atoms with E-state index in [2.05, 4.69) is 29.0 Å². The summed E-state index contributed by atoms with van der Waals surface area (Å²) >= 11 is 1.75. The quantitative estimate of drug-likeness (QED) is 0.925. The molecule has 3 rings (SSSR count). The van der Waals surface area contributed by atoms with E-state index in [4.69, 9.17) is 10.5 Å². The first-order chi connectivity index (χ1) is 9.21. The smallest absolute Gasteiger partial charge is 0.119 e. The second-order valence-corrected chi connectivity index (χ2v) is 6.09. The second-order valence-electron chi connectivity index (χ2n) is 5.31. The third kappa shape index (κ3) is 2.40. The maximum atomic E-state index is 6.66. The summed E-state index contributed by atoms with van der Waals surface area (Å²) in [6.07, 6.45) is 4.18. The van der Waals surface area contributed by atoms with Crippen molar-refractivity contribution >= 4 is 11.3 Å². The number of nitrogens with two attached hydrogens (primary N) is 1. The summed E-state index contributed by atoms with van der Waals surface area (Å²) in [6.45, 7) is 0. The van der Waals surface area contributed by atoms with E-state index < -0.39 is 0 Å². The summed E-state index contributed by atoms with van der Waals surface area (Å²) in [5, 5.41) is 4.34. The third-order valence-corrected chi connectivity index (χ3v) is 4.87. The molecule has 0 spiro atoms. The van der Waals surface area contributed by atoms with Crippen LogP contribution in [0.25, 0.3) is 0 Å². The lowest BCUT2D eigenvalue weighted by atomic mass is 9.87. The number of rotatable bonds is 4. The molecule has 1 heterocycles. The molecule has 19 heavy (non-hydrogen) atoms. The van der Waals surface area contributed by atoms with Crippen LogP contribution in [0.3, 0.4) is 0 Å². The molecule has 0 radical (unpaired) electrons. The maximum Gasteiger partial charge on any atom is 0.119 e. The van der Waals surface area contributed by atoms with Crippen LogP contribution in [0.1, 0.15) is 29.5 Å². The molecule has 0 saturated carbocycles. The number of ether oxygens (including phenoxy) is 1. The molecule has 1 aromatic carbocycles. The maximum absolute atomic E-state index is 6.66. The first-order valence-electron chi connectivity index (χ1n) is 6.69. The Morgan fingerprint density at radius 1 is 1.37 bits per heavy atom. The summed E-state index contributed by atoms with van der Waals surface area (Å²) in [6, 6.07) is 8.50. The van der Waals surface area contributed by atoms with Gasteiger partial charge in [0.25, 0.3) is 0 Å². The van der Waals surface area contributed by atoms with Crippen molar-refractivity contribution in [3.8, 4) is 5.75 Å². The van der Waals surface area contributed by atoms with Gasteiger partial charge in [-0.2, -0.15) is 11.3 Å². The molecule has 2 N–H and O–H groups in total. The van der Waals surface area contributed by atoms with E-state index >= 15 is 0 Å². The van der Waals surface area contributed by atoms with Crippen molar-refractivity contribution in [2.75, 3.05) is 7.11 Å². The Morgan fingerprint density at radius 2 is 2.26 bits per heavy atom. The lowest BCUT2D eigenvalue weighted by Gasteiger charge is -2.25. The largest absolute Gasteiger partial charge is 0.497 e. The summed E-state index contributed by atoms with van der Waals surface area (Å²) in [7, 11) is 1.71. The zero-order valence-electron chi connectivity index (χ0n) is 11.2. The molecule has 2 aromatic rings. The normalized spacial score (nSPS) is 21.4. The number of methoxy groups -OCH3 is 1. The number of benzene rings is 1. The van der Waals surface area contributed by atoms with E-state index in [0.717, 1.165) is 31.4 Å². The van der Waals surface area contributed by atoms with Crippen LogP contribution in [-0.4, -0.2) is 7.11 Å². The molecule has 2 nitrogen and oxygen atoms in total. The van der Waals surface area contributed by atoms with Crippen molar-refractivity contribution in [2.45, 2.75) is 31.2 Å². The van der Waals surface area contributed by atoms with Crippen molar-refractivity contribution in [3.05, 3.63) is 51.7 Å². The van der Waals surface area contributed by atoms with Crippen LogP contribution in [0.5, 0.6) is 5.75 Å². The van der Waals surface area contributed by atoms with Gasteiger partial charge in [0, 0.05) is 5.54 Å². The lowest BCUT2D eigenvalue weighted by molar-refractivity contribution is 0.396. The molecule has 0 aliphatic heterocycles. The molecule has 0 bridgehead atoms. The Hall–Kier alpha value is -1.32. The first kappa shape index (κ1) is 12.7. The number of fused-ring (bicyclic) bond motifs is 1. The summed E-state index contributed by atoms with van der Waals surface area (Å²) < 4.78 is 5.33. The van der Waals surface area contributed by atoms with Gasteiger partial charge in [-0.3, -0.25) is 0 Å². The van der Waals surface area contributed by atoms with Crippen molar-refractivity contribution in [1.29, 1.82) is 0 Å². The molecular formula is C16H19NOS. The minimum atomic E-state index is -0.189. The van der Waals surface area contributed by atoms with Crippen LogP contribution < -0.4 is 10.5 Å². The Balaban J connectivity index is 1.82. The molecule has 0 saturated heterocycles. The topological polar surface area (TPSA) is 35.2 Å². The van der Waals surface area contributed by atoms with Crippen LogP contribution in [0.4, 0.5) is 0 Å². The average Bonchev–Trinajstić information content (AvgIpc) is 3.05. The van der Waals surface area contributed by atoms with Crippen molar-refractivity contribution in [2.24, 2.45) is 5.73 Å². The summed E-state index contributed by atoms with van der Waals surface area (Å²) in [5.74, 6) is 0.908. The average molecular weight is 273 g/mol. The predicted molar refractivity (Wildman–Crippen MR) is 79.8 cm³/mol. The van der Waals surface area contributed by atoms with Gasteiger partial charge in [-0.15, -0.1) is 0 Å². The molecular weight excluding hydrogens is 254 g/mol. The van der Waals surface area contributed by atoms with E-state index in [-0.39, 0.29) is 5.54 Å². The molecule has 0 fully saturated rings. The van der Waals surface area contributed by atoms with E-state index in [9.17, 15) is 0 Å². The molecule has 100 valence electrons. The number of hydrogen-bond acceptors (Lipinski definition) is 3. The van der Waals surface area contributed by atoms with Gasteiger partial charge in [0.15, 0.2) is 0 Å². The van der Waals surface area contributed by atoms with Gasteiger partial charge in [0.2, 0.25) is 0 Å². The Morgan fingerprint density at radius 3 is 3.00 bits per heavy atom. The molecule has 0 amide bonds. The zero-order valence-corrected chi connectivity index (χ0v) is 12.0. The SMILES string of the molecule is COc1ccc2c(c1)C(N)(CCc1ccsc1)CC2. The van der Waals surface area contributed by atoms with Crippen LogP contribution in [0, 0.1) is 0 Å². The Labute approximate surface area is 118 Å². The highest BCUT2D eigenvalue weighted by Crippen LogP contribution is 2.39. The van der Waals surface area contributed by atoms with Crippen molar-refractivity contribution < 1.29 is 4.74 Å². The molecule has 1 atom stereocenters. The monoisotopic (exact) mass is 273 g/mol. The highest BCUT2D eigenvalue weighted by Gasteiger charge is 2.34. The van der Waals surface area contributed by atoms with Gasteiger partial charge in [0.05, 0.1) is 7.11 Å². The van der Waals surface area contributed by atoms with Gasteiger partial charge >= 0.3 is 0 Å². The van der Waals surface area contributed by atoms with Gasteiger partial charge in [-0.05, 0) is 71.3 Å². The zero-order chi connectivity index (χ0) is 13.3. The fourth-order valence-electron chi connectivity index (χ4n) is 2.92. The van der Waals surface area contributed by atoms with Gasteiger partial charge < -0.3 is 10.5 Å². The fourth-order valence-corrected chi connectivity index (χ4v) is 3.62. The van der Waals surface area contributed by atoms with E-state index in [1.165, 1.54) is 16.7 Å². The van der Waals surface area contributed by atoms with Gasteiger partial charge in [0.1, 0.15) is 5.75 Å². The minimum absolute atomic E-state index is 0.189. The Bertz CT molecular complexity index is 564. The van der Waals surface area contributed by atoms with Gasteiger partial charge in [-0.1, -0.05) is 6.07 Å². The summed E-state index contributed by atoms with van der Waals surface area (Å²) in [5.41, 5.74) is 10.5. The fraction of sp³-hybridized carbons (Fsp3) is 0.375. The molecule has 1 aliphatic rings. The van der Waals surface area contributed by atoms with E-state index in [1.807, 2.05) is 6.07 Å². The highest BCUT2D eigenvalue weighted by molar-refractivity contribution is 7.07. The van der Waals surface area contributed by atoms with Crippen LogP contribution in [-0.2, 0) is 18.4 Å². The van der Waals surface area contributed by atoms with E-state index in [0.29, 0.717) is 0 Å². The molecule has 1 unspecified atom stereocenters. The summed E-state index contributed by atoms with van der Waals surface area (Å²) in [4.78, 5) is 0. The number of hydrogen-bond donors (Lipinski definition) is 1. The van der Waals surface area contributed by atoms with Crippen LogP contribution >= 0.6 is 11.3 Å². The predicted octanol–water partition coefficient (Wildman–Crippen LogP) is 3.49. The third-order valence-electron chi connectivity index (χ3n) is 4.13. The first-order valence-corrected chi connectivity index (χ1v) is 7.63. The standard InChI is InChI=1S/C16H19NOS/c1-18-14-3-2-13-5-8-16(17,15(13)10-14)7-4-12-6-9-19-11-12/h2-3,6,9-11H,4-5,7-8,17H2,1H3. The highest BCUT2D eigenvalue weighted by atomic mass is 32.1. The van der Waals surface area contributed by atoms with Gasteiger partial charge in [-0.25, -0.2) is 0 Å². The number of aryl methyl sites for hydroxylation is 2. The molecule has 1 aromatic heterocycles. The second kappa shape index (κ2) is 4.99. The van der Waals surface area contributed by atoms with Crippen molar-refractivity contribution in [1.82, 2.24) is 0 Å². The molecule has 1 aliphatic carbocycles. The minimum Gasteiger partial charge on any atom is -0.497 e. The lowest BCUT2D eigenvalue weighted by Crippen LogP contribution is -2.34. The Kier molecular flexibility index (Phi) is 3.33. The van der Waals surface area contributed by atoms with Crippen LogP contribution in [0.2, 0.25) is 0 Å². The van der Waals surface area contributed by atoms with Crippen molar-refractivity contribution in [3.63, 3.8) is 0 Å². The number of thiophene rings is 1. The van der Waals surface area contributed by atoms with Crippen LogP contribution in [0.15, 0.2) is 35.0 Å².